The van der Waals surface area contributed by atoms with E-state index in [0.29, 0.717) is 17.1 Å². The number of fused-ring (bicyclic) bond motifs is 11. The van der Waals surface area contributed by atoms with E-state index in [1.54, 1.807) is 48.5 Å². The molecule has 0 aromatic heterocycles. The molecule has 0 radical (unpaired) electrons. The topological polar surface area (TPSA) is 160 Å². The molecule has 3 atom stereocenters. The van der Waals surface area contributed by atoms with Crippen LogP contribution >= 0.6 is 0 Å². The summed E-state index contributed by atoms with van der Waals surface area (Å²) in [4.78, 5) is 67.4. The quantitative estimate of drug-likeness (QED) is 0.281. The molecule has 242 valence electrons. The molecule has 0 spiro atoms. The maximum Gasteiger partial charge on any atom is 0.252 e. The third-order valence-electron chi connectivity index (χ3n) is 7.62. The highest BCUT2D eigenvalue weighted by Crippen LogP contribution is 2.24. The fourth-order valence-electron chi connectivity index (χ4n) is 5.17. The minimum Gasteiger partial charge on any atom is -0.457 e. The Morgan fingerprint density at radius 1 is 0.870 bits per heavy atom. The molecule has 0 saturated heterocycles. The van der Waals surface area contributed by atoms with Crippen molar-refractivity contribution in [1.82, 2.24) is 20.9 Å². The number of carbonyl (C=O) groups excluding carboxylic acids is 5. The molecule has 5 amide bonds. The molecule has 0 unspecified atom stereocenters. The van der Waals surface area contributed by atoms with Crippen molar-refractivity contribution < 1.29 is 28.7 Å². The zero-order chi connectivity index (χ0) is 33.2. The normalized spacial score (nSPS) is 18.8. The minimum absolute atomic E-state index is 0.0127. The third kappa shape index (κ3) is 9.65. The molecule has 2 heterocycles. The molecule has 11 nitrogen and oxygen atoms in total. The van der Waals surface area contributed by atoms with E-state index >= 15 is 0 Å². The molecule has 5 rings (SSSR count). The van der Waals surface area contributed by atoms with Gasteiger partial charge in [0.1, 0.15) is 29.6 Å². The molecule has 2 aliphatic rings. The van der Waals surface area contributed by atoms with Gasteiger partial charge in [0.05, 0.1) is 0 Å². The molecule has 3 aromatic carbocycles. The lowest BCUT2D eigenvalue weighted by molar-refractivity contribution is -0.137. The van der Waals surface area contributed by atoms with E-state index in [-0.39, 0.29) is 38.1 Å². The van der Waals surface area contributed by atoms with E-state index in [1.165, 1.54) is 11.9 Å². The summed E-state index contributed by atoms with van der Waals surface area (Å²) in [5.41, 5.74) is 7.17. The fraction of sp³-hybridized carbons (Fsp3) is 0.343. The van der Waals surface area contributed by atoms with E-state index in [1.807, 2.05) is 44.2 Å². The predicted molar refractivity (Wildman–Crippen MR) is 173 cm³/mol. The Balaban J connectivity index is 1.72. The first-order valence-electron chi connectivity index (χ1n) is 15.3. The molecule has 11 heteroatoms. The first-order chi connectivity index (χ1) is 22.0. The second kappa shape index (κ2) is 15.7. The molecule has 46 heavy (non-hydrogen) atoms. The number of nitrogens with one attached hydrogen (secondary N) is 3. The smallest absolute Gasteiger partial charge is 0.252 e. The fourth-order valence-corrected chi connectivity index (χ4v) is 5.17. The molecule has 4 bridgehead atoms. The third-order valence-corrected chi connectivity index (χ3v) is 7.62. The molecular weight excluding hydrogens is 586 g/mol. The summed E-state index contributed by atoms with van der Waals surface area (Å²) in [6, 6.07) is 19.9. The highest BCUT2D eigenvalue weighted by atomic mass is 16.5. The molecule has 0 fully saturated rings. The number of rotatable bonds is 8. The van der Waals surface area contributed by atoms with Crippen LogP contribution in [0, 0.1) is 5.92 Å². The van der Waals surface area contributed by atoms with E-state index in [2.05, 4.69) is 16.0 Å². The summed E-state index contributed by atoms with van der Waals surface area (Å²) in [5, 5.41) is 8.54. The predicted octanol–water partition coefficient (Wildman–Crippen LogP) is 2.73. The molecule has 2 aliphatic heterocycles. The number of likely N-dealkylation sites (N-methyl/N-ethyl adjacent to an activating group) is 1. The van der Waals surface area contributed by atoms with Crippen LogP contribution in [-0.4, -0.2) is 66.2 Å². The van der Waals surface area contributed by atoms with Gasteiger partial charge in [-0.1, -0.05) is 62.4 Å². The number of carbonyl (C=O) groups is 5. The number of hydrogen-bond acceptors (Lipinski definition) is 6. The van der Waals surface area contributed by atoms with Crippen LogP contribution < -0.4 is 26.4 Å². The number of benzene rings is 3. The number of nitrogens with two attached hydrogens (primary N) is 1. The van der Waals surface area contributed by atoms with Gasteiger partial charge in [0.25, 0.3) is 5.91 Å². The number of ether oxygens (including phenoxy) is 1. The summed E-state index contributed by atoms with van der Waals surface area (Å²) >= 11 is 0. The van der Waals surface area contributed by atoms with Crippen LogP contribution in [0.2, 0.25) is 0 Å². The maximum absolute atomic E-state index is 13.8. The first kappa shape index (κ1) is 33.7. The number of amides is 5. The van der Waals surface area contributed by atoms with Crippen molar-refractivity contribution in [2.75, 3.05) is 13.6 Å². The van der Waals surface area contributed by atoms with Crippen LogP contribution in [0.3, 0.4) is 0 Å². The van der Waals surface area contributed by atoms with Crippen LogP contribution in [0.25, 0.3) is 0 Å². The van der Waals surface area contributed by atoms with Crippen LogP contribution in [0.15, 0.2) is 78.9 Å². The highest BCUT2D eigenvalue weighted by Gasteiger charge is 2.32. The van der Waals surface area contributed by atoms with Crippen molar-refractivity contribution >= 4 is 29.5 Å². The Bertz CT molecular complexity index is 1540. The highest BCUT2D eigenvalue weighted by molar-refractivity contribution is 5.99. The minimum atomic E-state index is -1.01. The van der Waals surface area contributed by atoms with Crippen molar-refractivity contribution in [2.24, 2.45) is 11.7 Å². The van der Waals surface area contributed by atoms with Gasteiger partial charge in [0.15, 0.2) is 0 Å². The van der Waals surface area contributed by atoms with Crippen LogP contribution in [-0.2, 0) is 32.0 Å². The molecule has 0 aliphatic carbocycles. The number of hydrogen-bond donors (Lipinski definition) is 4. The van der Waals surface area contributed by atoms with Gasteiger partial charge in [-0.05, 0) is 53.8 Å². The first-order valence-corrected chi connectivity index (χ1v) is 15.3. The van der Waals surface area contributed by atoms with E-state index in [9.17, 15) is 24.0 Å². The van der Waals surface area contributed by atoms with Gasteiger partial charge >= 0.3 is 0 Å². The van der Waals surface area contributed by atoms with Crippen molar-refractivity contribution in [2.45, 2.75) is 57.7 Å². The largest absolute Gasteiger partial charge is 0.457 e. The van der Waals surface area contributed by atoms with E-state index in [4.69, 9.17) is 10.5 Å². The second-order valence-corrected chi connectivity index (χ2v) is 11.9. The Morgan fingerprint density at radius 2 is 1.57 bits per heavy atom. The molecular formula is C35H41N5O6. The van der Waals surface area contributed by atoms with Gasteiger partial charge < -0.3 is 31.3 Å². The van der Waals surface area contributed by atoms with Crippen molar-refractivity contribution in [1.29, 1.82) is 0 Å². The van der Waals surface area contributed by atoms with Crippen LogP contribution in [0.5, 0.6) is 11.5 Å². The summed E-state index contributed by atoms with van der Waals surface area (Å²) in [6.45, 7) is 3.93. The standard InChI is InChI=1S/C35H41N5O6/c1-22(2)18-28-33(43)39-30(35(45)40(3)17-16-31(36)41)20-24-12-14-26(15-13-24)46-27-11-7-10-25(21-27)32(42)37-29(34(44)38-28)19-23-8-5-4-6-9-23/h4-15,21-22,28-30H,16-20H2,1-3H3,(H2,36,41)(H,37,42)(H,38,44)(H,39,43)/t28-,29+,30-/m0/s1. The average molecular weight is 628 g/mol. The second-order valence-electron chi connectivity index (χ2n) is 11.9. The zero-order valence-electron chi connectivity index (χ0n) is 26.3. The van der Waals surface area contributed by atoms with Gasteiger partial charge in [0.2, 0.25) is 23.6 Å². The number of nitrogens with zero attached hydrogens (tertiary/aromatic N) is 1. The van der Waals surface area contributed by atoms with Gasteiger partial charge in [0, 0.05) is 38.4 Å². The van der Waals surface area contributed by atoms with E-state index in [0.717, 1.165) is 11.1 Å². The molecule has 5 N–H and O–H groups in total. The van der Waals surface area contributed by atoms with Gasteiger partial charge in [-0.15, -0.1) is 0 Å². The SMILES string of the molecule is CC(C)C[C@@H]1NC(=O)[C@@H](Cc2ccccc2)NC(=O)c2cccc(c2)Oc2ccc(cc2)C[C@@H](C(=O)N(C)CCC(N)=O)NC1=O. The maximum atomic E-state index is 13.8. The summed E-state index contributed by atoms with van der Waals surface area (Å²) in [7, 11) is 1.54. The van der Waals surface area contributed by atoms with Crippen molar-refractivity contribution in [3.63, 3.8) is 0 Å². The Labute approximate surface area is 268 Å². The monoisotopic (exact) mass is 627 g/mol. The van der Waals surface area contributed by atoms with Crippen LogP contribution in [0.1, 0.15) is 48.2 Å². The summed E-state index contributed by atoms with van der Waals surface area (Å²) in [6.07, 6.45) is 0.589. The number of primary amides is 1. The molecule has 0 saturated carbocycles. The van der Waals surface area contributed by atoms with Gasteiger partial charge in [-0.3, -0.25) is 24.0 Å². The van der Waals surface area contributed by atoms with Gasteiger partial charge in [-0.25, -0.2) is 0 Å². The lowest BCUT2D eigenvalue weighted by Crippen LogP contribution is -2.58. The Hall–Kier alpha value is -5.19. The summed E-state index contributed by atoms with van der Waals surface area (Å²) in [5.74, 6) is -1.57. The lowest BCUT2D eigenvalue weighted by Gasteiger charge is -2.28. The van der Waals surface area contributed by atoms with Gasteiger partial charge in [-0.2, -0.15) is 0 Å². The van der Waals surface area contributed by atoms with Crippen molar-refractivity contribution in [3.8, 4) is 11.5 Å². The Morgan fingerprint density at radius 3 is 2.24 bits per heavy atom. The average Bonchev–Trinajstić information content (AvgIpc) is 3.03. The van der Waals surface area contributed by atoms with Crippen molar-refractivity contribution in [3.05, 3.63) is 95.6 Å². The molecule has 3 aromatic rings. The summed E-state index contributed by atoms with van der Waals surface area (Å²) < 4.78 is 6.00. The van der Waals surface area contributed by atoms with E-state index < -0.39 is 47.7 Å². The van der Waals surface area contributed by atoms with Crippen LogP contribution in [0.4, 0.5) is 0 Å². The Kier molecular flexibility index (Phi) is 11.5. The zero-order valence-corrected chi connectivity index (χ0v) is 26.3. The lowest BCUT2D eigenvalue weighted by atomic mass is 9.99.